The number of pyridine rings is 2. The molecule has 0 atom stereocenters. The van der Waals surface area contributed by atoms with E-state index in [0.29, 0.717) is 0 Å². The van der Waals surface area contributed by atoms with Crippen LogP contribution in [-0.2, 0) is 0 Å². The first kappa shape index (κ1) is 34.1. The van der Waals surface area contributed by atoms with Crippen molar-refractivity contribution in [3.63, 3.8) is 0 Å². The lowest BCUT2D eigenvalue weighted by molar-refractivity contribution is 1.34. The maximum atomic E-state index is 4.95. The van der Waals surface area contributed by atoms with Crippen molar-refractivity contribution in [3.05, 3.63) is 180 Å². The zero-order valence-corrected chi connectivity index (χ0v) is 34.9. The first-order chi connectivity index (χ1) is 30.4. The third kappa shape index (κ3) is 4.33. The first-order valence-corrected chi connectivity index (χ1v) is 21.7. The summed E-state index contributed by atoms with van der Waals surface area (Å²) in [5, 5.41) is 17.9. The van der Waals surface area contributed by atoms with Crippen molar-refractivity contribution in [3.8, 4) is 67.0 Å². The monoisotopic (exact) mass is 786 g/mol. The summed E-state index contributed by atoms with van der Waals surface area (Å²) in [5.41, 5.74) is 19.9. The van der Waals surface area contributed by atoms with Gasteiger partial charge in [0.25, 0.3) is 0 Å². The van der Waals surface area contributed by atoms with E-state index >= 15 is 0 Å². The molecule has 2 aliphatic carbocycles. The Morgan fingerprint density at radius 2 is 0.694 bits per heavy atom. The summed E-state index contributed by atoms with van der Waals surface area (Å²) in [5.74, 6) is 0. The molecule has 2 nitrogen and oxygen atoms in total. The number of hydrogen-bond donors (Lipinski definition) is 0. The van der Waals surface area contributed by atoms with Gasteiger partial charge in [-0.15, -0.1) is 0 Å². The number of fused-ring (bicyclic) bond motifs is 15. The third-order valence-corrected chi connectivity index (χ3v) is 14.4. The van der Waals surface area contributed by atoms with Crippen LogP contribution in [-0.4, -0.2) is 9.97 Å². The number of aromatic nitrogens is 2. The predicted molar refractivity (Wildman–Crippen MR) is 263 cm³/mol. The highest BCUT2D eigenvalue weighted by Gasteiger charge is 2.28. The molecule has 0 fully saturated rings. The van der Waals surface area contributed by atoms with Gasteiger partial charge in [0.1, 0.15) is 0 Å². The largest absolute Gasteiger partial charge is 0.256 e. The number of hydrogen-bond acceptors (Lipinski definition) is 2. The lowest BCUT2D eigenvalue weighted by atomic mass is 9.84. The van der Waals surface area contributed by atoms with Crippen LogP contribution in [0.1, 0.15) is 22.3 Å². The van der Waals surface area contributed by atoms with Gasteiger partial charge in [-0.1, -0.05) is 120 Å². The number of benzene rings is 10. The van der Waals surface area contributed by atoms with Crippen molar-refractivity contribution in [1.82, 2.24) is 9.97 Å². The Morgan fingerprint density at radius 1 is 0.274 bits per heavy atom. The van der Waals surface area contributed by atoms with Crippen molar-refractivity contribution in [1.29, 1.82) is 0 Å². The molecule has 2 aromatic heterocycles. The van der Waals surface area contributed by atoms with Crippen LogP contribution in [0.3, 0.4) is 0 Å². The molecule has 288 valence electrons. The number of nitrogens with zero attached hydrogens (tertiary/aromatic N) is 2. The van der Waals surface area contributed by atoms with Crippen LogP contribution in [0.5, 0.6) is 0 Å². The molecule has 0 unspecified atom stereocenters. The van der Waals surface area contributed by atoms with Gasteiger partial charge in [-0.25, -0.2) is 0 Å². The quantitative estimate of drug-likeness (QED) is 0.163. The van der Waals surface area contributed by atoms with E-state index in [2.05, 4.69) is 173 Å². The molecule has 0 radical (unpaired) electrons. The van der Waals surface area contributed by atoms with E-state index in [1.54, 1.807) is 0 Å². The Labute approximate surface area is 358 Å². The van der Waals surface area contributed by atoms with Crippen molar-refractivity contribution in [2.75, 3.05) is 0 Å². The van der Waals surface area contributed by atoms with E-state index in [1.807, 2.05) is 12.4 Å². The molecule has 0 saturated heterocycles. The first-order valence-electron chi connectivity index (χ1n) is 21.7. The number of aryl methyl sites for hydroxylation is 4. The molecule has 14 rings (SSSR count). The van der Waals surface area contributed by atoms with Crippen LogP contribution in [0.4, 0.5) is 0 Å². The van der Waals surface area contributed by atoms with Crippen LogP contribution in [0.25, 0.3) is 142 Å². The van der Waals surface area contributed by atoms with Gasteiger partial charge in [-0.3, -0.25) is 9.97 Å². The van der Waals surface area contributed by atoms with Gasteiger partial charge in [0.2, 0.25) is 0 Å². The molecular formula is C60H38N2. The summed E-state index contributed by atoms with van der Waals surface area (Å²) in [4.78, 5) is 9.90. The van der Waals surface area contributed by atoms with Gasteiger partial charge in [0.05, 0.1) is 11.4 Å². The topological polar surface area (TPSA) is 25.8 Å². The summed E-state index contributed by atoms with van der Waals surface area (Å²) in [7, 11) is 0. The maximum Gasteiger partial charge on any atom is 0.0787 e. The number of rotatable bonds is 2. The zero-order chi connectivity index (χ0) is 41.1. The fourth-order valence-corrected chi connectivity index (χ4v) is 11.7. The minimum absolute atomic E-state index is 1.09. The van der Waals surface area contributed by atoms with Crippen LogP contribution in [0, 0.1) is 27.7 Å². The highest BCUT2D eigenvalue weighted by atomic mass is 14.7. The molecule has 0 N–H and O–H groups in total. The summed E-state index contributed by atoms with van der Waals surface area (Å²) >= 11 is 0. The molecule has 2 heteroatoms. The SMILES string of the molecule is Cc1ccc2c(c1)c(-c1ccc(-c3cc4c5ccc(C)c6c5c(cc4c4ccc(C)cc34)-c3ncccc3-6)c3ccccc13)cc1c3ccc(C)c4c3c(cc21)-c1ncccc1-4. The van der Waals surface area contributed by atoms with Gasteiger partial charge >= 0.3 is 0 Å². The van der Waals surface area contributed by atoms with E-state index in [4.69, 9.17) is 9.97 Å². The van der Waals surface area contributed by atoms with E-state index in [1.165, 1.54) is 153 Å². The van der Waals surface area contributed by atoms with Crippen molar-refractivity contribution in [2.45, 2.75) is 27.7 Å². The summed E-state index contributed by atoms with van der Waals surface area (Å²) in [6.45, 7) is 8.89. The normalized spacial score (nSPS) is 12.5. The molecular weight excluding hydrogens is 749 g/mol. The zero-order valence-electron chi connectivity index (χ0n) is 34.9. The smallest absolute Gasteiger partial charge is 0.0787 e. The highest BCUT2D eigenvalue weighted by Crippen LogP contribution is 2.54. The van der Waals surface area contributed by atoms with E-state index in [0.717, 1.165) is 11.4 Å². The van der Waals surface area contributed by atoms with Crippen molar-refractivity contribution < 1.29 is 0 Å². The molecule has 2 heterocycles. The average molecular weight is 787 g/mol. The van der Waals surface area contributed by atoms with Crippen molar-refractivity contribution in [2.24, 2.45) is 0 Å². The summed E-state index contributed by atoms with van der Waals surface area (Å²) in [6.07, 6.45) is 3.86. The van der Waals surface area contributed by atoms with Gasteiger partial charge < -0.3 is 0 Å². The molecule has 0 saturated carbocycles. The van der Waals surface area contributed by atoms with Gasteiger partial charge in [-0.2, -0.15) is 0 Å². The summed E-state index contributed by atoms with van der Waals surface area (Å²) < 4.78 is 0. The minimum atomic E-state index is 1.09. The van der Waals surface area contributed by atoms with Gasteiger partial charge in [0.15, 0.2) is 0 Å². The van der Waals surface area contributed by atoms with E-state index < -0.39 is 0 Å². The van der Waals surface area contributed by atoms with Crippen LogP contribution in [0.15, 0.2) is 158 Å². The average Bonchev–Trinajstić information content (AvgIpc) is 3.82. The van der Waals surface area contributed by atoms with E-state index in [-0.39, 0.29) is 0 Å². The molecule has 0 aliphatic heterocycles. The third-order valence-electron chi connectivity index (χ3n) is 14.4. The molecule has 62 heavy (non-hydrogen) atoms. The Hall–Kier alpha value is -7.68. The molecule has 0 bridgehead atoms. The standard InChI is InChI=1S/C60H38N2/c1-31-13-17-39-45(25-31)47(27-51-41-19-15-33(3)55-43-11-7-23-61-59(43)53(57(41)55)29-49(39)51)37-21-22-38(36-10-6-5-9-35(36)37)48-28-52-42-20-16-34(4)56-44-12-8-24-62-60(44)54(58(42)56)30-50(52)40-18-14-32(2)26-46(40)48/h5-30H,1-4H3. The van der Waals surface area contributed by atoms with Crippen molar-refractivity contribution >= 4 is 75.4 Å². The second-order valence-corrected chi connectivity index (χ2v) is 17.9. The Kier molecular flexibility index (Phi) is 6.59. The van der Waals surface area contributed by atoms with Crippen LogP contribution < -0.4 is 0 Å². The highest BCUT2D eigenvalue weighted by molar-refractivity contribution is 6.31. The van der Waals surface area contributed by atoms with Gasteiger partial charge in [0, 0.05) is 34.6 Å². The van der Waals surface area contributed by atoms with Crippen LogP contribution in [0.2, 0.25) is 0 Å². The minimum Gasteiger partial charge on any atom is -0.256 e. The molecule has 12 aromatic rings. The second-order valence-electron chi connectivity index (χ2n) is 17.9. The molecule has 0 amide bonds. The molecule has 10 aromatic carbocycles. The lowest BCUT2D eigenvalue weighted by Crippen LogP contribution is -1.92. The van der Waals surface area contributed by atoms with Crippen LogP contribution >= 0.6 is 0 Å². The molecule has 2 aliphatic rings. The predicted octanol–water partition coefficient (Wildman–Crippen LogP) is 16.4. The maximum absolute atomic E-state index is 4.95. The summed E-state index contributed by atoms with van der Waals surface area (Å²) in [6, 6.07) is 55.6. The Morgan fingerprint density at radius 3 is 1.16 bits per heavy atom. The Bertz CT molecular complexity index is 3810. The van der Waals surface area contributed by atoms with Gasteiger partial charge in [-0.05, 0) is 184 Å². The fraction of sp³-hybridized carbons (Fsp3) is 0.0667. The fourth-order valence-electron chi connectivity index (χ4n) is 11.7. The van der Waals surface area contributed by atoms with E-state index in [9.17, 15) is 0 Å². The lowest BCUT2D eigenvalue weighted by Gasteiger charge is -2.19. The Balaban J connectivity index is 1.06. The second kappa shape index (κ2) is 12.0. The molecule has 0 spiro atoms.